The van der Waals surface area contributed by atoms with Crippen LogP contribution in [0.2, 0.25) is 5.02 Å². The van der Waals surface area contributed by atoms with Gasteiger partial charge in [0.1, 0.15) is 11.5 Å². The number of benzene rings is 3. The maximum absolute atomic E-state index is 12.5. The Kier molecular flexibility index (Phi) is 6.98. The average Bonchev–Trinajstić information content (AvgIpc) is 2.73. The summed E-state index contributed by atoms with van der Waals surface area (Å²) in [6.45, 7) is 7.45. The van der Waals surface area contributed by atoms with Gasteiger partial charge in [-0.3, -0.25) is 4.79 Å². The molecule has 0 unspecified atom stereocenters. The van der Waals surface area contributed by atoms with Gasteiger partial charge in [0.2, 0.25) is 0 Å². The van der Waals surface area contributed by atoms with Crippen molar-refractivity contribution in [3.05, 3.63) is 87.4 Å². The molecule has 0 spiro atoms. The summed E-state index contributed by atoms with van der Waals surface area (Å²) < 4.78 is 10.8. The number of rotatable bonds is 6. The largest absolute Gasteiger partial charge is 0.482 e. The van der Waals surface area contributed by atoms with Gasteiger partial charge in [0.25, 0.3) is 5.91 Å². The highest BCUT2D eigenvalue weighted by molar-refractivity contribution is 6.32. The van der Waals surface area contributed by atoms with Crippen LogP contribution < -0.4 is 14.8 Å². The molecular formula is C25H24ClNO4. The number of aryl methyl sites for hydroxylation is 4. The first-order valence-electron chi connectivity index (χ1n) is 9.82. The molecule has 31 heavy (non-hydrogen) atoms. The quantitative estimate of drug-likeness (QED) is 0.390. The van der Waals surface area contributed by atoms with Crippen molar-refractivity contribution in [3.8, 4) is 11.5 Å². The molecule has 160 valence electrons. The van der Waals surface area contributed by atoms with E-state index in [0.717, 1.165) is 27.9 Å². The SMILES string of the molecule is Cc1ccc(NC(=O)c2ccc(OC(=O)COc3cc(C)c(Cl)c(C)c3)cc2)c(C)c1. The Morgan fingerprint density at radius 1 is 0.839 bits per heavy atom. The van der Waals surface area contributed by atoms with Gasteiger partial charge in [-0.05, 0) is 86.8 Å². The minimum Gasteiger partial charge on any atom is -0.482 e. The summed E-state index contributed by atoms with van der Waals surface area (Å²) in [6, 6.07) is 15.7. The summed E-state index contributed by atoms with van der Waals surface area (Å²) in [5, 5.41) is 3.57. The minimum atomic E-state index is -0.544. The molecule has 0 aromatic heterocycles. The maximum Gasteiger partial charge on any atom is 0.349 e. The summed E-state index contributed by atoms with van der Waals surface area (Å²) >= 11 is 6.14. The van der Waals surface area contributed by atoms with Crippen molar-refractivity contribution < 1.29 is 19.1 Å². The zero-order valence-corrected chi connectivity index (χ0v) is 18.7. The lowest BCUT2D eigenvalue weighted by atomic mass is 10.1. The Bertz CT molecular complexity index is 1100. The van der Waals surface area contributed by atoms with Crippen molar-refractivity contribution in [2.24, 2.45) is 0 Å². The zero-order valence-electron chi connectivity index (χ0n) is 17.9. The van der Waals surface area contributed by atoms with Crippen LogP contribution in [0.1, 0.15) is 32.6 Å². The molecule has 5 nitrogen and oxygen atoms in total. The molecular weight excluding hydrogens is 414 g/mol. The predicted octanol–water partition coefficient (Wildman–Crippen LogP) is 5.81. The fourth-order valence-electron chi connectivity index (χ4n) is 3.12. The molecule has 1 amide bonds. The maximum atomic E-state index is 12.5. The van der Waals surface area contributed by atoms with Gasteiger partial charge in [0.05, 0.1) is 0 Å². The van der Waals surface area contributed by atoms with E-state index < -0.39 is 5.97 Å². The van der Waals surface area contributed by atoms with Crippen LogP contribution in [0.4, 0.5) is 5.69 Å². The number of ether oxygens (including phenoxy) is 2. The second kappa shape index (κ2) is 9.67. The molecule has 0 fully saturated rings. The van der Waals surface area contributed by atoms with Gasteiger partial charge in [0.15, 0.2) is 6.61 Å². The zero-order chi connectivity index (χ0) is 22.5. The average molecular weight is 438 g/mol. The fraction of sp³-hybridized carbons (Fsp3) is 0.200. The summed E-state index contributed by atoms with van der Waals surface area (Å²) in [6.07, 6.45) is 0. The van der Waals surface area contributed by atoms with Gasteiger partial charge < -0.3 is 14.8 Å². The molecule has 0 saturated heterocycles. The molecule has 0 radical (unpaired) electrons. The summed E-state index contributed by atoms with van der Waals surface area (Å²) in [5.74, 6) is 0.106. The Balaban J connectivity index is 1.56. The minimum absolute atomic E-state index is 0.235. The molecule has 0 aliphatic rings. The van der Waals surface area contributed by atoms with E-state index in [2.05, 4.69) is 5.32 Å². The van der Waals surface area contributed by atoms with Crippen molar-refractivity contribution in [1.29, 1.82) is 0 Å². The van der Waals surface area contributed by atoms with Crippen LogP contribution >= 0.6 is 11.6 Å². The van der Waals surface area contributed by atoms with Gasteiger partial charge in [-0.2, -0.15) is 0 Å². The van der Waals surface area contributed by atoms with Crippen molar-refractivity contribution in [3.63, 3.8) is 0 Å². The van der Waals surface area contributed by atoms with E-state index in [4.69, 9.17) is 21.1 Å². The monoisotopic (exact) mass is 437 g/mol. The first-order chi connectivity index (χ1) is 14.7. The molecule has 0 saturated carbocycles. The van der Waals surface area contributed by atoms with Crippen LogP contribution in [-0.4, -0.2) is 18.5 Å². The van der Waals surface area contributed by atoms with E-state index in [1.807, 2.05) is 45.9 Å². The molecule has 3 rings (SSSR count). The summed E-state index contributed by atoms with van der Waals surface area (Å²) in [7, 11) is 0. The third-order valence-corrected chi connectivity index (χ3v) is 5.34. The van der Waals surface area contributed by atoms with E-state index >= 15 is 0 Å². The number of hydrogen-bond donors (Lipinski definition) is 1. The molecule has 6 heteroatoms. The second-order valence-corrected chi connectivity index (χ2v) is 7.81. The van der Waals surface area contributed by atoms with Crippen molar-refractivity contribution >= 4 is 29.2 Å². The number of carbonyl (C=O) groups excluding carboxylic acids is 2. The number of hydrogen-bond acceptors (Lipinski definition) is 4. The van der Waals surface area contributed by atoms with Crippen LogP contribution in [0.15, 0.2) is 54.6 Å². The number of halogens is 1. The van der Waals surface area contributed by atoms with Crippen molar-refractivity contribution in [2.75, 3.05) is 11.9 Å². The van der Waals surface area contributed by atoms with Gasteiger partial charge in [-0.25, -0.2) is 4.79 Å². The third kappa shape index (κ3) is 5.86. The molecule has 0 aliphatic carbocycles. The first kappa shape index (κ1) is 22.4. The fourth-order valence-corrected chi connectivity index (χ4v) is 3.22. The Morgan fingerprint density at radius 3 is 2.10 bits per heavy atom. The molecule has 0 atom stereocenters. The topological polar surface area (TPSA) is 64.6 Å². The van der Waals surface area contributed by atoms with E-state index in [9.17, 15) is 9.59 Å². The lowest BCUT2D eigenvalue weighted by molar-refractivity contribution is -0.136. The third-order valence-electron chi connectivity index (χ3n) is 4.74. The van der Waals surface area contributed by atoms with E-state index in [-0.39, 0.29) is 12.5 Å². The molecule has 3 aromatic carbocycles. The van der Waals surface area contributed by atoms with Gasteiger partial charge >= 0.3 is 5.97 Å². The summed E-state index contributed by atoms with van der Waals surface area (Å²) in [4.78, 5) is 24.6. The standard InChI is InChI=1S/C25H24ClNO4/c1-15-5-10-22(16(2)11-15)27-25(29)19-6-8-20(9-7-19)31-23(28)14-30-21-12-17(3)24(26)18(4)13-21/h5-13H,14H2,1-4H3,(H,27,29). The highest BCUT2D eigenvalue weighted by Crippen LogP contribution is 2.26. The van der Waals surface area contributed by atoms with Crippen molar-refractivity contribution in [1.82, 2.24) is 0 Å². The van der Waals surface area contributed by atoms with E-state index in [1.165, 1.54) is 0 Å². The van der Waals surface area contributed by atoms with Gasteiger partial charge in [0, 0.05) is 16.3 Å². The van der Waals surface area contributed by atoms with E-state index in [0.29, 0.717) is 22.1 Å². The number of nitrogens with one attached hydrogen (secondary N) is 1. The molecule has 1 N–H and O–H groups in total. The van der Waals surface area contributed by atoms with Gasteiger partial charge in [-0.15, -0.1) is 0 Å². The van der Waals surface area contributed by atoms with Crippen LogP contribution in [0.3, 0.4) is 0 Å². The normalized spacial score (nSPS) is 10.5. The highest BCUT2D eigenvalue weighted by atomic mass is 35.5. The van der Waals surface area contributed by atoms with Crippen LogP contribution in [-0.2, 0) is 4.79 Å². The van der Waals surface area contributed by atoms with Crippen molar-refractivity contribution in [2.45, 2.75) is 27.7 Å². The number of esters is 1. The molecule has 3 aromatic rings. The Morgan fingerprint density at radius 2 is 1.48 bits per heavy atom. The Hall–Kier alpha value is -3.31. The number of anilines is 1. The molecule has 0 bridgehead atoms. The van der Waals surface area contributed by atoms with Crippen LogP contribution in [0, 0.1) is 27.7 Å². The number of amides is 1. The van der Waals surface area contributed by atoms with Crippen LogP contribution in [0.5, 0.6) is 11.5 Å². The molecule has 0 heterocycles. The smallest absolute Gasteiger partial charge is 0.349 e. The second-order valence-electron chi connectivity index (χ2n) is 7.43. The van der Waals surface area contributed by atoms with E-state index in [1.54, 1.807) is 36.4 Å². The predicted molar refractivity (Wildman–Crippen MR) is 122 cm³/mol. The Labute approximate surface area is 187 Å². The lowest BCUT2D eigenvalue weighted by Crippen LogP contribution is -2.18. The highest BCUT2D eigenvalue weighted by Gasteiger charge is 2.11. The van der Waals surface area contributed by atoms with Crippen LogP contribution in [0.25, 0.3) is 0 Å². The van der Waals surface area contributed by atoms with Gasteiger partial charge in [-0.1, -0.05) is 29.3 Å². The summed E-state index contributed by atoms with van der Waals surface area (Å²) in [5.41, 5.74) is 5.09. The lowest BCUT2D eigenvalue weighted by Gasteiger charge is -2.11. The number of carbonyl (C=O) groups is 2. The molecule has 0 aliphatic heterocycles. The first-order valence-corrected chi connectivity index (χ1v) is 10.2.